The summed E-state index contributed by atoms with van der Waals surface area (Å²) in [4.78, 5) is 11.1. The van der Waals surface area contributed by atoms with Crippen LogP contribution in [-0.2, 0) is 11.3 Å². The molecule has 124 valence electrons. The van der Waals surface area contributed by atoms with E-state index < -0.39 is 0 Å². The van der Waals surface area contributed by atoms with Crippen molar-refractivity contribution in [3.63, 3.8) is 0 Å². The van der Waals surface area contributed by atoms with E-state index in [1.165, 1.54) is 0 Å². The zero-order chi connectivity index (χ0) is 16.5. The number of benzene rings is 1. The molecule has 4 rings (SSSR count). The Hall–Kier alpha value is -2.02. The van der Waals surface area contributed by atoms with Crippen LogP contribution in [0.3, 0.4) is 0 Å². The van der Waals surface area contributed by atoms with Crippen LogP contribution in [0.25, 0.3) is 10.9 Å². The van der Waals surface area contributed by atoms with E-state index in [9.17, 15) is 0 Å². The smallest absolute Gasteiger partial charge is 0.223 e. The van der Waals surface area contributed by atoms with Crippen LogP contribution in [0.1, 0.15) is 23.4 Å². The SMILES string of the molecule is Cc1nc([C@@H]2CN(Cc3c(Cl)ccc4cccnc34)CCO2)no1. The van der Waals surface area contributed by atoms with Gasteiger partial charge in [-0.1, -0.05) is 28.9 Å². The van der Waals surface area contributed by atoms with Crippen molar-refractivity contribution in [2.45, 2.75) is 19.6 Å². The second kappa shape index (κ2) is 6.47. The summed E-state index contributed by atoms with van der Waals surface area (Å²) in [5, 5.41) is 5.80. The minimum atomic E-state index is -0.182. The predicted octanol–water partition coefficient (Wildman–Crippen LogP) is 3.15. The van der Waals surface area contributed by atoms with E-state index in [4.69, 9.17) is 20.9 Å². The first-order valence-corrected chi connectivity index (χ1v) is 8.25. The first-order valence-electron chi connectivity index (χ1n) is 7.87. The third-order valence-electron chi connectivity index (χ3n) is 4.19. The number of halogens is 1. The lowest BCUT2D eigenvalue weighted by molar-refractivity contribution is -0.0379. The Kier molecular flexibility index (Phi) is 4.18. The van der Waals surface area contributed by atoms with Gasteiger partial charge in [-0.3, -0.25) is 9.88 Å². The van der Waals surface area contributed by atoms with E-state index in [0.29, 0.717) is 31.4 Å². The molecule has 0 spiro atoms. The maximum atomic E-state index is 6.44. The molecule has 0 saturated carbocycles. The number of hydrogen-bond acceptors (Lipinski definition) is 6. The highest BCUT2D eigenvalue weighted by Crippen LogP contribution is 2.28. The molecule has 0 amide bonds. The molecule has 1 fully saturated rings. The van der Waals surface area contributed by atoms with Gasteiger partial charge in [0.25, 0.3) is 0 Å². The molecule has 1 aliphatic heterocycles. The molecule has 3 aromatic rings. The molecule has 0 aliphatic carbocycles. The average Bonchev–Trinajstić information content (AvgIpc) is 3.04. The van der Waals surface area contributed by atoms with Gasteiger partial charge < -0.3 is 9.26 Å². The normalized spacial score (nSPS) is 19.0. The molecular weight excluding hydrogens is 328 g/mol. The minimum absolute atomic E-state index is 0.182. The zero-order valence-electron chi connectivity index (χ0n) is 13.3. The standard InChI is InChI=1S/C17H17ClN4O2/c1-11-20-17(21-24-11)15-10-22(7-8-23-15)9-13-14(18)5-4-12-3-2-6-19-16(12)13/h2-6,15H,7-10H2,1H3/t15-/m0/s1. The fourth-order valence-electron chi connectivity index (χ4n) is 3.00. The predicted molar refractivity (Wildman–Crippen MR) is 89.8 cm³/mol. The van der Waals surface area contributed by atoms with Crippen molar-refractivity contribution in [3.8, 4) is 0 Å². The van der Waals surface area contributed by atoms with Crippen molar-refractivity contribution in [1.29, 1.82) is 0 Å². The monoisotopic (exact) mass is 344 g/mol. The van der Waals surface area contributed by atoms with E-state index in [2.05, 4.69) is 20.0 Å². The van der Waals surface area contributed by atoms with Crippen LogP contribution in [0.2, 0.25) is 5.02 Å². The number of aromatic nitrogens is 3. The van der Waals surface area contributed by atoms with Gasteiger partial charge in [-0.2, -0.15) is 4.98 Å². The van der Waals surface area contributed by atoms with Gasteiger partial charge >= 0.3 is 0 Å². The summed E-state index contributed by atoms with van der Waals surface area (Å²) in [6, 6.07) is 7.91. The molecule has 0 N–H and O–H groups in total. The Morgan fingerprint density at radius 3 is 3.08 bits per heavy atom. The number of rotatable bonds is 3. The van der Waals surface area contributed by atoms with Crippen LogP contribution < -0.4 is 0 Å². The van der Waals surface area contributed by atoms with Crippen LogP contribution >= 0.6 is 11.6 Å². The van der Waals surface area contributed by atoms with E-state index in [1.54, 1.807) is 13.1 Å². The lowest BCUT2D eigenvalue weighted by Crippen LogP contribution is -2.38. The highest BCUT2D eigenvalue weighted by atomic mass is 35.5. The van der Waals surface area contributed by atoms with Crippen molar-refractivity contribution >= 4 is 22.5 Å². The Morgan fingerprint density at radius 2 is 2.25 bits per heavy atom. The van der Waals surface area contributed by atoms with Gasteiger partial charge in [0, 0.05) is 48.7 Å². The molecule has 0 unspecified atom stereocenters. The molecule has 1 saturated heterocycles. The Labute approximate surface area is 144 Å². The van der Waals surface area contributed by atoms with E-state index in [-0.39, 0.29) is 6.10 Å². The summed E-state index contributed by atoms with van der Waals surface area (Å²) in [5.74, 6) is 1.14. The van der Waals surface area contributed by atoms with Gasteiger partial charge in [-0.15, -0.1) is 0 Å². The molecular formula is C17H17ClN4O2. The summed E-state index contributed by atoms with van der Waals surface area (Å²) >= 11 is 6.44. The number of morpholine rings is 1. The van der Waals surface area contributed by atoms with Gasteiger partial charge in [0.1, 0.15) is 6.10 Å². The highest BCUT2D eigenvalue weighted by Gasteiger charge is 2.26. The maximum absolute atomic E-state index is 6.44. The quantitative estimate of drug-likeness (QED) is 0.727. The Bertz CT molecular complexity index is 867. The Morgan fingerprint density at radius 1 is 1.33 bits per heavy atom. The number of ether oxygens (including phenoxy) is 1. The van der Waals surface area contributed by atoms with Crippen LogP contribution in [0.4, 0.5) is 0 Å². The molecule has 6 nitrogen and oxygen atoms in total. The van der Waals surface area contributed by atoms with Crippen molar-refractivity contribution in [2.24, 2.45) is 0 Å². The molecule has 1 aliphatic rings. The fraction of sp³-hybridized carbons (Fsp3) is 0.353. The van der Waals surface area contributed by atoms with E-state index in [0.717, 1.165) is 28.0 Å². The number of fused-ring (bicyclic) bond motifs is 1. The first kappa shape index (κ1) is 15.5. The highest BCUT2D eigenvalue weighted by molar-refractivity contribution is 6.32. The van der Waals surface area contributed by atoms with Gasteiger partial charge in [0.15, 0.2) is 0 Å². The third kappa shape index (κ3) is 3.00. The van der Waals surface area contributed by atoms with E-state index >= 15 is 0 Å². The molecule has 7 heteroatoms. The molecule has 1 aromatic carbocycles. The van der Waals surface area contributed by atoms with Gasteiger partial charge in [0.05, 0.1) is 12.1 Å². The second-order valence-corrected chi connectivity index (χ2v) is 6.27. The van der Waals surface area contributed by atoms with Crippen LogP contribution in [-0.4, -0.2) is 39.7 Å². The number of aryl methyl sites for hydroxylation is 1. The summed E-state index contributed by atoms with van der Waals surface area (Å²) in [5.41, 5.74) is 1.99. The summed E-state index contributed by atoms with van der Waals surface area (Å²) in [6.45, 7) is 4.63. The molecule has 0 bridgehead atoms. The molecule has 1 atom stereocenters. The zero-order valence-corrected chi connectivity index (χ0v) is 14.0. The van der Waals surface area contributed by atoms with Crippen molar-refractivity contribution in [3.05, 3.63) is 52.8 Å². The molecule has 3 heterocycles. The summed E-state index contributed by atoms with van der Waals surface area (Å²) in [6.07, 6.45) is 1.62. The Balaban J connectivity index is 1.58. The summed E-state index contributed by atoms with van der Waals surface area (Å²) in [7, 11) is 0. The average molecular weight is 345 g/mol. The second-order valence-electron chi connectivity index (χ2n) is 5.87. The third-order valence-corrected chi connectivity index (χ3v) is 4.54. The van der Waals surface area contributed by atoms with Crippen LogP contribution in [0.15, 0.2) is 35.0 Å². The van der Waals surface area contributed by atoms with Gasteiger partial charge in [0.2, 0.25) is 11.7 Å². The largest absolute Gasteiger partial charge is 0.367 e. The topological polar surface area (TPSA) is 64.3 Å². The number of nitrogens with zero attached hydrogens (tertiary/aromatic N) is 4. The molecule has 0 radical (unpaired) electrons. The van der Waals surface area contributed by atoms with Crippen LogP contribution in [0.5, 0.6) is 0 Å². The molecule has 2 aromatic heterocycles. The number of hydrogen-bond donors (Lipinski definition) is 0. The first-order chi connectivity index (χ1) is 11.7. The summed E-state index contributed by atoms with van der Waals surface area (Å²) < 4.78 is 10.8. The van der Waals surface area contributed by atoms with Crippen molar-refractivity contribution in [1.82, 2.24) is 20.0 Å². The van der Waals surface area contributed by atoms with Gasteiger partial charge in [-0.25, -0.2) is 0 Å². The van der Waals surface area contributed by atoms with Crippen LogP contribution in [0, 0.1) is 6.92 Å². The molecule has 24 heavy (non-hydrogen) atoms. The minimum Gasteiger partial charge on any atom is -0.367 e. The fourth-order valence-corrected chi connectivity index (χ4v) is 3.22. The van der Waals surface area contributed by atoms with Gasteiger partial charge in [-0.05, 0) is 12.1 Å². The number of pyridine rings is 1. The lowest BCUT2D eigenvalue weighted by atomic mass is 10.1. The lowest BCUT2D eigenvalue weighted by Gasteiger charge is -2.31. The maximum Gasteiger partial charge on any atom is 0.223 e. The van der Waals surface area contributed by atoms with Crippen molar-refractivity contribution in [2.75, 3.05) is 19.7 Å². The van der Waals surface area contributed by atoms with E-state index in [1.807, 2.05) is 24.3 Å². The van der Waals surface area contributed by atoms with Crippen molar-refractivity contribution < 1.29 is 9.26 Å².